The number of amides is 4. The van der Waals surface area contributed by atoms with Crippen molar-refractivity contribution >= 4 is 47.3 Å². The highest BCUT2D eigenvalue weighted by atomic mass is 19.4. The highest BCUT2D eigenvalue weighted by Gasteiger charge is 2.41. The van der Waals surface area contributed by atoms with Crippen LogP contribution in [0.15, 0.2) is 36.7 Å². The van der Waals surface area contributed by atoms with Crippen molar-refractivity contribution < 1.29 is 119 Å². The van der Waals surface area contributed by atoms with E-state index in [1.807, 2.05) is 12.1 Å². The first-order valence-electron chi connectivity index (χ1n) is 40.0. The Labute approximate surface area is 663 Å². The summed E-state index contributed by atoms with van der Waals surface area (Å²) in [6, 6.07) is 6.33. The average molecular weight is 1630 g/mol. The normalized spacial score (nSPS) is 22.0. The number of carbonyl (C=O) groups excluding carboxylic acids is 4. The number of nitrogens with one attached hydrogen (secondary N) is 9. The molecule has 4 amide bonds. The summed E-state index contributed by atoms with van der Waals surface area (Å²) >= 11 is 0. The summed E-state index contributed by atoms with van der Waals surface area (Å²) < 4.78 is 117. The maximum atomic E-state index is 13.0. The van der Waals surface area contributed by atoms with Gasteiger partial charge in [0, 0.05) is 70.3 Å². The number of aliphatic hydroxyl groups is 4. The lowest BCUT2D eigenvalue weighted by Gasteiger charge is -2.38. The zero-order valence-corrected chi connectivity index (χ0v) is 65.2. The summed E-state index contributed by atoms with van der Waals surface area (Å²) in [6.45, 7) is 7.84. The van der Waals surface area contributed by atoms with Gasteiger partial charge in [-0.3, -0.25) is 24.2 Å². The predicted molar refractivity (Wildman–Crippen MR) is 406 cm³/mol. The number of halogens is 3. The molecule has 2 saturated heterocycles. The van der Waals surface area contributed by atoms with E-state index in [9.17, 15) is 52.8 Å². The first-order chi connectivity index (χ1) is 55.5. The smallest absolute Gasteiger partial charge is 0.390 e. The second-order valence-corrected chi connectivity index (χ2v) is 28.4. The molecule has 13 N–H and O–H groups in total. The van der Waals surface area contributed by atoms with E-state index in [4.69, 9.17) is 81.3 Å². The summed E-state index contributed by atoms with van der Waals surface area (Å²) in [7, 11) is 0. The van der Waals surface area contributed by atoms with Gasteiger partial charge in [-0.15, -0.1) is 0 Å². The van der Waals surface area contributed by atoms with E-state index in [2.05, 4.69) is 57.8 Å². The molecule has 11 atom stereocenters. The SMILES string of the molecule is O=C(CCOCC(COCCC(=O)NCCOCCOCCOCCOC[C@H]1OCC[C@@H](O)[C@H]1O)NCC(=O)NCCOCCOCCNC(=O)c1ccc(CNc2nc(NCC3CCCCC3)nc(NC3CC4CCC3C4)n2)cc1)NCCOCCOCCOCCOC[C@H]1OC[C@H](Nc2cncc(C(F)(F)F)n2)[C@@H](O)[C@H]1O. The topological polar surface area (TPSA) is 451 Å². The third-order valence-corrected chi connectivity index (χ3v) is 19.6. The summed E-state index contributed by atoms with van der Waals surface area (Å²) in [5.41, 5.74) is 0.276. The zero-order valence-electron chi connectivity index (χ0n) is 65.2. The van der Waals surface area contributed by atoms with Crippen LogP contribution in [0.5, 0.6) is 0 Å². The van der Waals surface area contributed by atoms with Crippen LogP contribution in [0.3, 0.4) is 0 Å². The fraction of sp³-hybridized carbons (Fsp3) is 0.773. The molecule has 4 unspecified atom stereocenters. The summed E-state index contributed by atoms with van der Waals surface area (Å²) in [6.07, 6.45) is 2.71. The molecule has 1 aromatic carbocycles. The Morgan fingerprint density at radius 2 is 1.03 bits per heavy atom. The molecule has 39 heteroatoms. The van der Waals surface area contributed by atoms with Crippen molar-refractivity contribution in [2.24, 2.45) is 17.8 Å². The fourth-order valence-corrected chi connectivity index (χ4v) is 13.3. The number of anilines is 4. The van der Waals surface area contributed by atoms with Gasteiger partial charge >= 0.3 is 6.18 Å². The molecule has 0 radical (unpaired) electrons. The van der Waals surface area contributed by atoms with Crippen LogP contribution in [0.25, 0.3) is 0 Å². The molecular formula is C75H121F3N14O22. The van der Waals surface area contributed by atoms with Gasteiger partial charge in [-0.1, -0.05) is 37.8 Å². The second-order valence-electron chi connectivity index (χ2n) is 28.4. The van der Waals surface area contributed by atoms with Crippen LogP contribution in [-0.4, -0.2) is 335 Å². The molecule has 644 valence electrons. The van der Waals surface area contributed by atoms with Crippen LogP contribution in [0.1, 0.15) is 98.7 Å². The Morgan fingerprint density at radius 3 is 1.58 bits per heavy atom. The Bertz CT molecular complexity index is 3160. The van der Waals surface area contributed by atoms with Crippen molar-refractivity contribution in [1.82, 2.24) is 51.5 Å². The third-order valence-electron chi connectivity index (χ3n) is 19.6. The van der Waals surface area contributed by atoms with E-state index in [0.717, 1.165) is 30.6 Å². The molecule has 114 heavy (non-hydrogen) atoms. The maximum absolute atomic E-state index is 13.0. The van der Waals surface area contributed by atoms with Crippen LogP contribution in [0.2, 0.25) is 0 Å². The average Bonchev–Trinajstić information content (AvgIpc) is 1.57. The van der Waals surface area contributed by atoms with Gasteiger partial charge in [0.25, 0.3) is 5.91 Å². The number of benzene rings is 1. The number of nitrogens with zero attached hydrogens (tertiary/aromatic N) is 5. The number of carbonyl (C=O) groups is 4. The first-order valence-corrected chi connectivity index (χ1v) is 40.0. The maximum Gasteiger partial charge on any atom is 0.434 e. The van der Waals surface area contributed by atoms with Crippen LogP contribution < -0.4 is 47.9 Å². The Morgan fingerprint density at radius 1 is 0.500 bits per heavy atom. The number of fused-ring (bicyclic) bond motifs is 2. The zero-order chi connectivity index (χ0) is 80.6. The lowest BCUT2D eigenvalue weighted by molar-refractivity contribution is -0.161. The Kier molecular flexibility index (Phi) is 44.4. The molecule has 5 aliphatic rings. The lowest BCUT2D eigenvalue weighted by atomic mass is 9.89. The van der Waals surface area contributed by atoms with Gasteiger partial charge in [-0.2, -0.15) is 28.1 Å². The van der Waals surface area contributed by atoms with Gasteiger partial charge in [0.15, 0.2) is 5.69 Å². The molecule has 0 spiro atoms. The third kappa shape index (κ3) is 37.4. The van der Waals surface area contributed by atoms with E-state index >= 15 is 0 Å². The van der Waals surface area contributed by atoms with Crippen molar-refractivity contribution in [3.8, 4) is 0 Å². The minimum atomic E-state index is -4.70. The minimum absolute atomic E-state index is 0.0492. The Balaban J connectivity index is 0.624. The lowest BCUT2D eigenvalue weighted by Crippen LogP contribution is -2.57. The van der Waals surface area contributed by atoms with Gasteiger partial charge in [0.1, 0.15) is 36.3 Å². The standard InChI is InChI=1S/C75H121F3N14O22/c76-75(77,78)63-44-79-45-64(89-63)87-59-49-114-62(70(99)68(59)97)51-112-39-37-108-35-33-106-31-29-102-23-16-81-66(95)14-20-110-48-57(47-109-19-13-65(94)80-15-22-101-28-30-105-32-34-107-36-38-111-50-61-69(98)60(93)12-21-113-61)84-46-67(96)82-17-24-103-26-27-104-25-18-83-71(100)55-9-6-53(7-10-55)43-86-73-90-72(85-42-52-4-2-1-3-5-52)91-74(92-73)88-58-41-54-8-11-56(58)40-54/h6-7,9-10,44-45,52,54,56-62,68-70,84,93,97-99H,1-5,8,11-43,46-51H2,(H,80,94)(H,81,95)(H,82,96)(H,83,100)(H,87,89)(H3,85,86,88,90,91,92)/t54?,56?,57?,58?,59-,60+,61+,62+,68+,69+,70-/m0/s1. The summed E-state index contributed by atoms with van der Waals surface area (Å²) in [5.74, 6) is 2.48. The van der Waals surface area contributed by atoms with Gasteiger partial charge in [0.05, 0.1) is 202 Å². The number of alkyl halides is 3. The molecule has 4 heterocycles. The van der Waals surface area contributed by atoms with Crippen LogP contribution >= 0.6 is 0 Å². The van der Waals surface area contributed by atoms with Crippen molar-refractivity contribution in [3.63, 3.8) is 0 Å². The van der Waals surface area contributed by atoms with Gasteiger partial charge < -0.3 is 135 Å². The van der Waals surface area contributed by atoms with Crippen molar-refractivity contribution in [1.29, 1.82) is 0 Å². The van der Waals surface area contributed by atoms with Crippen molar-refractivity contribution in [2.45, 2.75) is 145 Å². The highest BCUT2D eigenvalue weighted by Crippen LogP contribution is 2.45. The molecule has 2 aliphatic heterocycles. The number of aromatic nitrogens is 5. The molecule has 2 aromatic heterocycles. The van der Waals surface area contributed by atoms with Crippen molar-refractivity contribution in [2.75, 3.05) is 232 Å². The summed E-state index contributed by atoms with van der Waals surface area (Å²) in [4.78, 5) is 72.3. The monoisotopic (exact) mass is 1630 g/mol. The number of aliphatic hydroxyl groups excluding tert-OH is 4. The number of rotatable bonds is 61. The van der Waals surface area contributed by atoms with Crippen LogP contribution in [-0.2, 0) is 93.4 Å². The van der Waals surface area contributed by atoms with Crippen molar-refractivity contribution in [3.05, 3.63) is 53.5 Å². The molecule has 3 aromatic rings. The van der Waals surface area contributed by atoms with E-state index in [1.165, 1.54) is 51.4 Å². The molecule has 36 nitrogen and oxygen atoms in total. The van der Waals surface area contributed by atoms with Gasteiger partial charge in [0.2, 0.25) is 35.6 Å². The highest BCUT2D eigenvalue weighted by molar-refractivity contribution is 5.94. The number of ether oxygens (including phenoxy) is 14. The summed E-state index contributed by atoms with van der Waals surface area (Å²) in [5, 5.41) is 68.4. The molecule has 2 bridgehead atoms. The Hall–Kier alpha value is -6.58. The molecule has 8 rings (SSSR count). The van der Waals surface area contributed by atoms with E-state index in [-0.39, 0.29) is 194 Å². The van der Waals surface area contributed by atoms with Gasteiger partial charge in [-0.25, -0.2) is 4.98 Å². The van der Waals surface area contributed by atoms with Gasteiger partial charge in [-0.05, 0) is 74.0 Å². The first kappa shape index (κ1) is 92.9. The van der Waals surface area contributed by atoms with Crippen LogP contribution in [0.4, 0.5) is 36.8 Å². The molecule has 3 aliphatic carbocycles. The van der Waals surface area contributed by atoms with E-state index < -0.39 is 60.6 Å². The predicted octanol–water partition coefficient (Wildman–Crippen LogP) is 1.01. The quantitative estimate of drug-likeness (QED) is 0.0351. The number of hydrogen-bond acceptors (Lipinski definition) is 32. The minimum Gasteiger partial charge on any atom is -0.390 e. The second kappa shape index (κ2) is 54.4. The number of hydrogen-bond donors (Lipinski definition) is 13. The van der Waals surface area contributed by atoms with Crippen LogP contribution in [0, 0.1) is 17.8 Å². The molecular weight excluding hydrogens is 1510 g/mol. The fourth-order valence-electron chi connectivity index (χ4n) is 13.3. The molecule has 3 saturated carbocycles. The van der Waals surface area contributed by atoms with E-state index in [1.54, 1.807) is 12.1 Å². The largest absolute Gasteiger partial charge is 0.434 e. The molecule has 5 fully saturated rings. The van der Waals surface area contributed by atoms with E-state index in [0.29, 0.717) is 113 Å².